The zero-order valence-electron chi connectivity index (χ0n) is 11.7. The highest BCUT2D eigenvalue weighted by molar-refractivity contribution is 5.96. The van der Waals surface area contributed by atoms with Gasteiger partial charge in [0.25, 0.3) is 0 Å². The summed E-state index contributed by atoms with van der Waals surface area (Å²) in [4.78, 5) is 12.2. The van der Waals surface area contributed by atoms with Gasteiger partial charge in [-0.1, -0.05) is 20.8 Å². The Bertz CT molecular complexity index is 425. The van der Waals surface area contributed by atoms with Gasteiger partial charge in [-0.3, -0.25) is 4.79 Å². The highest BCUT2D eigenvalue weighted by Crippen LogP contribution is 2.25. The number of nitrogens with two attached hydrogens (primary N) is 1. The Balaban J connectivity index is 2.93. The van der Waals surface area contributed by atoms with Crippen molar-refractivity contribution in [2.75, 3.05) is 13.7 Å². The first-order valence-corrected chi connectivity index (χ1v) is 6.33. The molecule has 0 saturated heterocycles. The number of methoxy groups -OCH3 is 1. The summed E-state index contributed by atoms with van der Waals surface area (Å²) < 4.78 is 5.26. The van der Waals surface area contributed by atoms with E-state index in [-0.39, 0.29) is 11.2 Å². The molecule has 0 spiro atoms. The van der Waals surface area contributed by atoms with Crippen LogP contribution >= 0.6 is 0 Å². The Morgan fingerprint density at radius 1 is 1.39 bits per heavy atom. The smallest absolute Gasteiger partial charge is 0.163 e. The van der Waals surface area contributed by atoms with Crippen LogP contribution in [-0.2, 0) is 6.42 Å². The maximum Gasteiger partial charge on any atom is 0.163 e. The van der Waals surface area contributed by atoms with E-state index >= 15 is 0 Å². The van der Waals surface area contributed by atoms with Gasteiger partial charge in [-0.15, -0.1) is 0 Å². The molecule has 0 amide bonds. The van der Waals surface area contributed by atoms with Crippen molar-refractivity contribution in [2.45, 2.75) is 33.6 Å². The fourth-order valence-electron chi connectivity index (χ4n) is 1.84. The molecule has 2 N–H and O–H groups in total. The molecule has 0 bridgehead atoms. The second kappa shape index (κ2) is 6.01. The molecule has 0 aliphatic heterocycles. The topological polar surface area (TPSA) is 52.3 Å². The number of ether oxygens (including phenoxy) is 1. The summed E-state index contributed by atoms with van der Waals surface area (Å²) in [7, 11) is 1.65. The van der Waals surface area contributed by atoms with Gasteiger partial charge in [0.1, 0.15) is 5.75 Å². The van der Waals surface area contributed by atoms with Gasteiger partial charge in [0.2, 0.25) is 0 Å². The van der Waals surface area contributed by atoms with Crippen LogP contribution in [0.3, 0.4) is 0 Å². The Morgan fingerprint density at radius 2 is 2.06 bits per heavy atom. The molecule has 0 aliphatic rings. The summed E-state index contributed by atoms with van der Waals surface area (Å²) in [6.07, 6.45) is 1.32. The second-order valence-corrected chi connectivity index (χ2v) is 5.35. The predicted octanol–water partition coefficient (Wildman–Crippen LogP) is 2.82. The lowest BCUT2D eigenvalue weighted by Crippen LogP contribution is -2.26. The molecule has 0 unspecified atom stereocenters. The van der Waals surface area contributed by atoms with Crippen molar-refractivity contribution in [3.8, 4) is 5.75 Å². The number of Topliss-reactive ketones (excluding diaryl/α,β-unsaturated/α-hetero) is 1. The van der Waals surface area contributed by atoms with Crippen molar-refractivity contribution in [3.05, 3.63) is 29.3 Å². The number of carbonyl (C=O) groups is 1. The van der Waals surface area contributed by atoms with Crippen molar-refractivity contribution in [1.82, 2.24) is 0 Å². The number of aryl methyl sites for hydroxylation is 1. The lowest BCUT2D eigenvalue weighted by Gasteiger charge is -2.21. The summed E-state index contributed by atoms with van der Waals surface area (Å²) in [5.74, 6) is 0.981. The van der Waals surface area contributed by atoms with E-state index in [0.717, 1.165) is 23.3 Å². The molecular weight excluding hydrogens is 226 g/mol. The maximum atomic E-state index is 12.2. The van der Waals surface area contributed by atoms with Crippen LogP contribution in [0.1, 0.15) is 43.1 Å². The van der Waals surface area contributed by atoms with Crippen LogP contribution in [0.15, 0.2) is 18.2 Å². The lowest BCUT2D eigenvalue weighted by molar-refractivity contribution is 0.0934. The second-order valence-electron chi connectivity index (χ2n) is 5.35. The van der Waals surface area contributed by atoms with Crippen LogP contribution in [0.2, 0.25) is 0 Å². The third-order valence-corrected chi connectivity index (χ3v) is 3.17. The minimum atomic E-state index is -0.149. The monoisotopic (exact) mass is 249 g/mol. The van der Waals surface area contributed by atoms with E-state index in [4.69, 9.17) is 10.5 Å². The van der Waals surface area contributed by atoms with Gasteiger partial charge >= 0.3 is 0 Å². The number of rotatable bonds is 6. The molecular formula is C15H23NO2. The van der Waals surface area contributed by atoms with E-state index in [1.807, 2.05) is 32.0 Å². The summed E-state index contributed by atoms with van der Waals surface area (Å²) in [5, 5.41) is 0. The third-order valence-electron chi connectivity index (χ3n) is 3.17. The number of hydrogen-bond acceptors (Lipinski definition) is 3. The van der Waals surface area contributed by atoms with Crippen molar-refractivity contribution in [3.63, 3.8) is 0 Å². The first kappa shape index (κ1) is 14.7. The Labute approximate surface area is 109 Å². The molecule has 0 heterocycles. The number of ketones is 1. The Hall–Kier alpha value is -1.35. The van der Waals surface area contributed by atoms with Crippen LogP contribution in [0, 0.1) is 5.41 Å². The van der Waals surface area contributed by atoms with Crippen molar-refractivity contribution < 1.29 is 9.53 Å². The minimum Gasteiger partial charge on any atom is -0.496 e. The van der Waals surface area contributed by atoms with Crippen LogP contribution in [0.25, 0.3) is 0 Å². The molecule has 100 valence electrons. The molecule has 0 fully saturated rings. The Morgan fingerprint density at radius 3 is 2.56 bits per heavy atom. The molecule has 0 saturated carbocycles. The SMILES string of the molecule is CCc1cc(C(=O)CC(C)(C)CN)ccc1OC. The zero-order chi connectivity index (χ0) is 13.8. The average Bonchev–Trinajstić information content (AvgIpc) is 2.37. The van der Waals surface area contributed by atoms with E-state index in [1.54, 1.807) is 7.11 Å². The van der Waals surface area contributed by atoms with Gasteiger partial charge in [-0.2, -0.15) is 0 Å². The Kier molecular flexibility index (Phi) is 4.91. The molecule has 18 heavy (non-hydrogen) atoms. The van der Waals surface area contributed by atoms with Crippen LogP contribution < -0.4 is 10.5 Å². The van der Waals surface area contributed by atoms with Crippen LogP contribution in [0.4, 0.5) is 0 Å². The number of hydrogen-bond donors (Lipinski definition) is 1. The third kappa shape index (κ3) is 3.57. The van der Waals surface area contributed by atoms with E-state index in [1.165, 1.54) is 0 Å². The minimum absolute atomic E-state index is 0.141. The quantitative estimate of drug-likeness (QED) is 0.789. The summed E-state index contributed by atoms with van der Waals surface area (Å²) >= 11 is 0. The van der Waals surface area contributed by atoms with Gasteiger partial charge in [0.05, 0.1) is 7.11 Å². The van der Waals surface area contributed by atoms with E-state index in [2.05, 4.69) is 6.92 Å². The van der Waals surface area contributed by atoms with Crippen LogP contribution in [-0.4, -0.2) is 19.4 Å². The molecule has 3 nitrogen and oxygen atoms in total. The standard InChI is InChI=1S/C15H23NO2/c1-5-11-8-12(6-7-14(11)18-4)13(17)9-15(2,3)10-16/h6-8H,5,9-10,16H2,1-4H3. The maximum absolute atomic E-state index is 12.2. The van der Waals surface area contributed by atoms with Crippen molar-refractivity contribution in [1.29, 1.82) is 0 Å². The first-order chi connectivity index (χ1) is 8.43. The fourth-order valence-corrected chi connectivity index (χ4v) is 1.84. The van der Waals surface area contributed by atoms with Crippen molar-refractivity contribution in [2.24, 2.45) is 11.1 Å². The van der Waals surface area contributed by atoms with E-state index < -0.39 is 0 Å². The normalized spacial score (nSPS) is 11.4. The molecule has 1 rings (SSSR count). The molecule has 3 heteroatoms. The highest BCUT2D eigenvalue weighted by atomic mass is 16.5. The van der Waals surface area contributed by atoms with Crippen LogP contribution in [0.5, 0.6) is 5.75 Å². The molecule has 0 radical (unpaired) electrons. The number of benzene rings is 1. The molecule has 1 aromatic carbocycles. The highest BCUT2D eigenvalue weighted by Gasteiger charge is 2.21. The number of carbonyl (C=O) groups excluding carboxylic acids is 1. The predicted molar refractivity (Wildman–Crippen MR) is 74.2 cm³/mol. The summed E-state index contributed by atoms with van der Waals surface area (Å²) in [6.45, 7) is 6.58. The van der Waals surface area contributed by atoms with Gasteiger partial charge < -0.3 is 10.5 Å². The molecule has 1 aromatic rings. The molecule has 0 aromatic heterocycles. The van der Waals surface area contributed by atoms with Gasteiger partial charge in [-0.25, -0.2) is 0 Å². The summed E-state index contributed by atoms with van der Waals surface area (Å²) in [5.41, 5.74) is 7.32. The van der Waals surface area contributed by atoms with Gasteiger partial charge in [0.15, 0.2) is 5.78 Å². The van der Waals surface area contributed by atoms with E-state index in [9.17, 15) is 4.79 Å². The fraction of sp³-hybridized carbons (Fsp3) is 0.533. The summed E-state index contributed by atoms with van der Waals surface area (Å²) in [6, 6.07) is 5.61. The average molecular weight is 249 g/mol. The van der Waals surface area contributed by atoms with E-state index in [0.29, 0.717) is 13.0 Å². The van der Waals surface area contributed by atoms with Gasteiger partial charge in [-0.05, 0) is 42.1 Å². The molecule has 0 atom stereocenters. The van der Waals surface area contributed by atoms with Crippen molar-refractivity contribution >= 4 is 5.78 Å². The zero-order valence-corrected chi connectivity index (χ0v) is 11.7. The molecule has 0 aliphatic carbocycles. The lowest BCUT2D eigenvalue weighted by atomic mass is 9.85. The first-order valence-electron chi connectivity index (χ1n) is 6.33. The largest absolute Gasteiger partial charge is 0.496 e. The van der Waals surface area contributed by atoms with Gasteiger partial charge in [0, 0.05) is 12.0 Å².